The highest BCUT2D eigenvalue weighted by molar-refractivity contribution is 6.01. The lowest BCUT2D eigenvalue weighted by atomic mass is 9.87. The van der Waals surface area contributed by atoms with Crippen LogP contribution in [0.2, 0.25) is 0 Å². The molecular weight excluding hydrogens is 313 g/mol. The van der Waals surface area contributed by atoms with Crippen molar-refractivity contribution in [1.82, 2.24) is 25.5 Å². The van der Waals surface area contributed by atoms with E-state index in [0.29, 0.717) is 11.1 Å². The molecule has 1 atom stereocenters. The van der Waals surface area contributed by atoms with Gasteiger partial charge in [-0.25, -0.2) is 14.4 Å². The summed E-state index contributed by atoms with van der Waals surface area (Å²) in [6, 6.07) is 5.47. The first-order valence-corrected chi connectivity index (χ1v) is 7.02. The maximum Gasteiger partial charge on any atom is 0.252 e. The fourth-order valence-electron chi connectivity index (χ4n) is 2.99. The van der Waals surface area contributed by atoms with E-state index >= 15 is 0 Å². The van der Waals surface area contributed by atoms with Crippen LogP contribution in [0.5, 0.6) is 0 Å². The Balaban J connectivity index is 0.00000169. The van der Waals surface area contributed by atoms with Gasteiger partial charge in [0.15, 0.2) is 5.82 Å². The summed E-state index contributed by atoms with van der Waals surface area (Å²) in [6.45, 7) is 1.74. The van der Waals surface area contributed by atoms with E-state index in [4.69, 9.17) is 0 Å². The highest BCUT2D eigenvalue weighted by atomic mass is 19.1. The molecule has 1 amide bonds. The largest absolute Gasteiger partial charge is 0.412 e. The van der Waals surface area contributed by atoms with Gasteiger partial charge in [-0.3, -0.25) is 9.89 Å². The first-order chi connectivity index (χ1) is 11.1. The summed E-state index contributed by atoms with van der Waals surface area (Å²) in [5.74, 6) is -0.812. The lowest BCUT2D eigenvalue weighted by molar-refractivity contribution is 0.0943. The molecule has 7 nitrogen and oxygen atoms in total. The number of H-pyrrole nitrogens is 1. The van der Waals surface area contributed by atoms with Crippen molar-refractivity contribution in [2.45, 2.75) is 12.5 Å². The van der Waals surface area contributed by atoms with Gasteiger partial charge in [-0.2, -0.15) is 5.10 Å². The number of rotatable bonds is 2. The summed E-state index contributed by atoms with van der Waals surface area (Å²) in [4.78, 5) is 20.1. The second-order valence-corrected chi connectivity index (χ2v) is 5.55. The molecule has 0 radical (unpaired) electrons. The normalized spacial score (nSPS) is 18.7. The molecule has 1 aliphatic rings. The first-order valence-electron chi connectivity index (χ1n) is 7.02. The molecule has 1 aromatic carbocycles. The third kappa shape index (κ3) is 2.16. The van der Waals surface area contributed by atoms with Crippen LogP contribution in [0.4, 0.5) is 4.39 Å². The van der Waals surface area contributed by atoms with Crippen LogP contribution in [-0.4, -0.2) is 31.5 Å². The molecule has 0 saturated heterocycles. The van der Waals surface area contributed by atoms with Crippen molar-refractivity contribution >= 4 is 5.91 Å². The molecule has 3 aromatic rings. The Hall–Kier alpha value is -3.13. The van der Waals surface area contributed by atoms with Gasteiger partial charge < -0.3 is 10.8 Å². The van der Waals surface area contributed by atoms with Gasteiger partial charge >= 0.3 is 0 Å². The molecule has 24 heavy (non-hydrogen) atoms. The number of amides is 1. The summed E-state index contributed by atoms with van der Waals surface area (Å²) in [6.07, 6.45) is 5.79. The van der Waals surface area contributed by atoms with Crippen molar-refractivity contribution in [1.29, 1.82) is 0 Å². The summed E-state index contributed by atoms with van der Waals surface area (Å²) in [7, 11) is 0. The number of nitrogens with one attached hydrogen (secondary N) is 2. The Morgan fingerprint density at radius 1 is 1.21 bits per heavy atom. The van der Waals surface area contributed by atoms with Crippen LogP contribution in [-0.2, 0) is 5.54 Å². The van der Waals surface area contributed by atoms with E-state index in [9.17, 15) is 9.18 Å². The molecule has 122 valence electrons. The minimum atomic E-state index is -1.02. The van der Waals surface area contributed by atoms with Crippen LogP contribution in [0.15, 0.2) is 43.1 Å². The Morgan fingerprint density at radius 3 is 2.75 bits per heavy atom. The smallest absolute Gasteiger partial charge is 0.252 e. The third-order valence-corrected chi connectivity index (χ3v) is 4.14. The molecule has 0 unspecified atom stereocenters. The number of carbonyl (C=O) groups is 1. The minimum Gasteiger partial charge on any atom is -0.412 e. The number of benzene rings is 1. The van der Waals surface area contributed by atoms with E-state index in [-0.39, 0.29) is 17.1 Å². The van der Waals surface area contributed by atoms with Crippen LogP contribution >= 0.6 is 0 Å². The minimum absolute atomic E-state index is 0. The molecule has 0 saturated carbocycles. The lowest BCUT2D eigenvalue weighted by Crippen LogP contribution is -2.39. The van der Waals surface area contributed by atoms with Crippen molar-refractivity contribution < 1.29 is 14.7 Å². The predicted molar refractivity (Wildman–Crippen MR) is 83.5 cm³/mol. The van der Waals surface area contributed by atoms with Crippen LogP contribution in [0.25, 0.3) is 11.1 Å². The monoisotopic (exact) mass is 327 g/mol. The predicted octanol–water partition coefficient (Wildman–Crippen LogP) is 1.19. The lowest BCUT2D eigenvalue weighted by Gasteiger charge is -2.25. The van der Waals surface area contributed by atoms with Crippen LogP contribution in [0.3, 0.4) is 0 Å². The molecule has 4 N–H and O–H groups in total. The topological polar surface area (TPSA) is 115 Å². The summed E-state index contributed by atoms with van der Waals surface area (Å²) >= 11 is 0. The number of aromatic amines is 1. The Labute approximate surface area is 136 Å². The zero-order valence-corrected chi connectivity index (χ0v) is 12.7. The molecule has 2 aromatic heterocycles. The number of hydrogen-bond acceptors (Lipinski definition) is 4. The van der Waals surface area contributed by atoms with Crippen LogP contribution in [0.1, 0.15) is 28.5 Å². The second-order valence-electron chi connectivity index (χ2n) is 5.55. The Bertz CT molecular complexity index is 913. The summed E-state index contributed by atoms with van der Waals surface area (Å²) < 4.78 is 14.1. The Kier molecular flexibility index (Phi) is 3.61. The average Bonchev–Trinajstić information content (AvgIpc) is 3.16. The molecule has 4 rings (SSSR count). The van der Waals surface area contributed by atoms with Crippen LogP contribution in [0, 0.1) is 5.82 Å². The SMILES string of the molecule is C[C@]1(c2ncncc2F)NC(=O)c2cc(-c3cn[nH]c3)ccc21.O. The zero-order valence-electron chi connectivity index (χ0n) is 12.7. The van der Waals surface area contributed by atoms with E-state index in [1.54, 1.807) is 25.4 Å². The van der Waals surface area contributed by atoms with Crippen molar-refractivity contribution in [3.05, 3.63) is 65.8 Å². The average molecular weight is 327 g/mol. The second kappa shape index (κ2) is 5.50. The van der Waals surface area contributed by atoms with Gasteiger partial charge in [0.1, 0.15) is 17.6 Å². The van der Waals surface area contributed by atoms with Crippen LogP contribution < -0.4 is 5.32 Å². The number of aromatic nitrogens is 4. The van der Waals surface area contributed by atoms with Gasteiger partial charge in [0, 0.05) is 17.3 Å². The number of fused-ring (bicyclic) bond motifs is 1. The maximum atomic E-state index is 14.1. The molecule has 3 heterocycles. The fraction of sp³-hybridized carbons (Fsp3) is 0.125. The van der Waals surface area contributed by atoms with Crippen molar-refractivity contribution in [2.24, 2.45) is 0 Å². The van der Waals surface area contributed by atoms with Crippen molar-refractivity contribution in [2.75, 3.05) is 0 Å². The van der Waals surface area contributed by atoms with E-state index in [0.717, 1.165) is 17.3 Å². The fourth-order valence-corrected chi connectivity index (χ4v) is 2.99. The Morgan fingerprint density at radius 2 is 2.04 bits per heavy atom. The molecule has 0 aliphatic carbocycles. The first kappa shape index (κ1) is 15.8. The van der Waals surface area contributed by atoms with Crippen molar-refractivity contribution in [3.63, 3.8) is 0 Å². The van der Waals surface area contributed by atoms with Gasteiger partial charge in [-0.1, -0.05) is 12.1 Å². The third-order valence-electron chi connectivity index (χ3n) is 4.14. The molecule has 0 spiro atoms. The highest BCUT2D eigenvalue weighted by Gasteiger charge is 2.43. The van der Waals surface area contributed by atoms with E-state index in [1.165, 1.54) is 6.33 Å². The number of hydrogen-bond donors (Lipinski definition) is 2. The standard InChI is InChI=1S/C16H12FN5O.H2O/c1-16(14-13(17)7-18-8-19-14)12-3-2-9(10-5-20-21-6-10)4-11(12)15(23)22-16;/h2-8H,1H3,(H,20,21)(H,22,23);1H2/t16-;/m0./s1. The van der Waals surface area contributed by atoms with E-state index in [2.05, 4.69) is 25.5 Å². The van der Waals surface area contributed by atoms with Gasteiger partial charge in [0.25, 0.3) is 5.91 Å². The van der Waals surface area contributed by atoms with Gasteiger partial charge in [-0.15, -0.1) is 0 Å². The number of halogens is 1. The zero-order chi connectivity index (χ0) is 16.0. The summed E-state index contributed by atoms with van der Waals surface area (Å²) in [5.41, 5.74) is 2.06. The summed E-state index contributed by atoms with van der Waals surface area (Å²) in [5, 5.41) is 9.48. The highest BCUT2D eigenvalue weighted by Crippen LogP contribution is 2.38. The quantitative estimate of drug-likeness (QED) is 0.735. The molecule has 0 fully saturated rings. The van der Waals surface area contributed by atoms with E-state index in [1.807, 2.05) is 12.1 Å². The maximum absolute atomic E-state index is 14.1. The molecular formula is C16H14FN5O2. The molecule has 8 heteroatoms. The van der Waals surface area contributed by atoms with E-state index < -0.39 is 11.4 Å². The number of nitrogens with zero attached hydrogens (tertiary/aromatic N) is 3. The molecule has 1 aliphatic heterocycles. The van der Waals surface area contributed by atoms with Crippen molar-refractivity contribution in [3.8, 4) is 11.1 Å². The number of carbonyl (C=O) groups excluding carboxylic acids is 1. The molecule has 0 bridgehead atoms. The van der Waals surface area contributed by atoms with Gasteiger partial charge in [0.05, 0.1) is 12.4 Å². The van der Waals surface area contributed by atoms with Gasteiger partial charge in [0.2, 0.25) is 0 Å². The van der Waals surface area contributed by atoms with Gasteiger partial charge in [-0.05, 0) is 24.1 Å².